The molecule has 2 aromatic rings. The zero-order valence-corrected chi connectivity index (χ0v) is 11.6. The summed E-state index contributed by atoms with van der Waals surface area (Å²) in [6, 6.07) is 11.5. The number of nitrogens with one attached hydrogen (secondary N) is 1. The number of carbonyl (C=O) groups is 2. The van der Waals surface area contributed by atoms with Crippen molar-refractivity contribution < 1.29 is 9.59 Å². The van der Waals surface area contributed by atoms with Crippen molar-refractivity contribution in [2.75, 3.05) is 11.4 Å². The number of anilines is 1. The lowest BCUT2D eigenvalue weighted by atomic mass is 10.1. The van der Waals surface area contributed by atoms with Gasteiger partial charge in [0.05, 0.1) is 0 Å². The third-order valence-electron chi connectivity index (χ3n) is 3.15. The summed E-state index contributed by atoms with van der Waals surface area (Å²) in [4.78, 5) is 24.5. The second kappa shape index (κ2) is 4.66. The zero-order chi connectivity index (χ0) is 13.4. The minimum Gasteiger partial charge on any atom is -0.294 e. The van der Waals surface area contributed by atoms with Gasteiger partial charge in [0.2, 0.25) is 5.91 Å². The van der Waals surface area contributed by atoms with Gasteiger partial charge < -0.3 is 0 Å². The van der Waals surface area contributed by atoms with E-state index in [1.165, 1.54) is 0 Å². The van der Waals surface area contributed by atoms with Crippen LogP contribution < -0.4 is 10.2 Å². The van der Waals surface area contributed by atoms with E-state index in [2.05, 4.69) is 21.2 Å². The van der Waals surface area contributed by atoms with Gasteiger partial charge in [0.1, 0.15) is 0 Å². The van der Waals surface area contributed by atoms with Crippen LogP contribution in [0.5, 0.6) is 0 Å². The molecule has 0 bridgehead atoms. The highest BCUT2D eigenvalue weighted by atomic mass is 79.9. The summed E-state index contributed by atoms with van der Waals surface area (Å²) in [5, 5.41) is 4.49. The van der Waals surface area contributed by atoms with Gasteiger partial charge in [0.25, 0.3) is 0 Å². The number of amides is 3. The minimum atomic E-state index is -0.354. The van der Waals surface area contributed by atoms with E-state index in [0.717, 1.165) is 20.9 Å². The molecule has 2 aromatic carbocycles. The fraction of sp³-hybridized carbons (Fsp3) is 0.143. The summed E-state index contributed by atoms with van der Waals surface area (Å²) in [7, 11) is 0. The van der Waals surface area contributed by atoms with Gasteiger partial charge in [0.15, 0.2) is 0 Å². The molecule has 19 heavy (non-hydrogen) atoms. The van der Waals surface area contributed by atoms with Gasteiger partial charge in [-0.05, 0) is 35.0 Å². The lowest BCUT2D eigenvalue weighted by Gasteiger charge is -2.26. The van der Waals surface area contributed by atoms with Crippen LogP contribution >= 0.6 is 15.9 Å². The smallest absolute Gasteiger partial charge is 0.294 e. The summed E-state index contributed by atoms with van der Waals surface area (Å²) < 4.78 is 1.02. The molecule has 3 rings (SSSR count). The number of halogens is 1. The fourth-order valence-corrected chi connectivity index (χ4v) is 2.56. The lowest BCUT2D eigenvalue weighted by molar-refractivity contribution is -0.120. The predicted molar refractivity (Wildman–Crippen MR) is 77.1 cm³/mol. The average molecular weight is 319 g/mol. The van der Waals surface area contributed by atoms with Gasteiger partial charge in [-0.25, -0.2) is 4.79 Å². The molecule has 0 saturated carbocycles. The monoisotopic (exact) mass is 318 g/mol. The maximum absolute atomic E-state index is 11.8. The van der Waals surface area contributed by atoms with Gasteiger partial charge in [-0.1, -0.05) is 28.1 Å². The number of carbonyl (C=O) groups excluding carboxylic acids is 2. The maximum atomic E-state index is 11.8. The van der Waals surface area contributed by atoms with Crippen LogP contribution in [0.1, 0.15) is 6.42 Å². The van der Waals surface area contributed by atoms with Crippen LogP contribution in [0.3, 0.4) is 0 Å². The Labute approximate surface area is 118 Å². The van der Waals surface area contributed by atoms with Crippen LogP contribution in [0.4, 0.5) is 10.5 Å². The topological polar surface area (TPSA) is 49.4 Å². The molecule has 1 heterocycles. The Balaban J connectivity index is 1.99. The standard InChI is InChI=1S/C14H11BrN2O2/c15-11-3-1-10-8-12(4-2-9(10)7-11)17-6-5-13(18)16-14(17)19/h1-4,7-8H,5-6H2,(H,16,18,19). The first kappa shape index (κ1) is 12.2. The van der Waals surface area contributed by atoms with E-state index in [-0.39, 0.29) is 11.9 Å². The minimum absolute atomic E-state index is 0.217. The van der Waals surface area contributed by atoms with Crippen molar-refractivity contribution in [3.05, 3.63) is 40.9 Å². The number of nitrogens with zero attached hydrogens (tertiary/aromatic N) is 1. The van der Waals surface area contributed by atoms with Gasteiger partial charge >= 0.3 is 6.03 Å². The Morgan fingerprint density at radius 1 is 1.05 bits per heavy atom. The Kier molecular flexibility index (Phi) is 2.98. The normalized spacial score (nSPS) is 15.7. The molecule has 1 aliphatic heterocycles. The van der Waals surface area contributed by atoms with E-state index in [1.54, 1.807) is 4.90 Å². The fourth-order valence-electron chi connectivity index (χ4n) is 2.18. The number of urea groups is 1. The molecule has 1 fully saturated rings. The second-order valence-electron chi connectivity index (χ2n) is 4.43. The van der Waals surface area contributed by atoms with Crippen LogP contribution in [0.15, 0.2) is 40.9 Å². The second-order valence-corrected chi connectivity index (χ2v) is 5.35. The number of fused-ring (bicyclic) bond motifs is 1. The molecule has 0 spiro atoms. The predicted octanol–water partition coefficient (Wildman–Crippen LogP) is 3.05. The highest BCUT2D eigenvalue weighted by molar-refractivity contribution is 9.10. The van der Waals surface area contributed by atoms with Gasteiger partial charge in [0, 0.05) is 23.1 Å². The summed E-state index contributed by atoms with van der Waals surface area (Å²) in [5.41, 5.74) is 0.805. The number of rotatable bonds is 1. The molecular formula is C14H11BrN2O2. The number of hydrogen-bond acceptors (Lipinski definition) is 2. The molecule has 0 radical (unpaired) electrons. The van der Waals surface area contributed by atoms with Crippen molar-refractivity contribution in [2.45, 2.75) is 6.42 Å². The zero-order valence-electron chi connectivity index (χ0n) is 10.0. The van der Waals surface area contributed by atoms with Gasteiger partial charge in [-0.3, -0.25) is 15.0 Å². The van der Waals surface area contributed by atoms with Crippen molar-refractivity contribution in [3.63, 3.8) is 0 Å². The molecule has 0 atom stereocenters. The first-order valence-corrected chi connectivity index (χ1v) is 6.73. The van der Waals surface area contributed by atoms with Crippen molar-refractivity contribution in [1.29, 1.82) is 0 Å². The molecule has 5 heteroatoms. The molecule has 0 unspecified atom stereocenters. The van der Waals surface area contributed by atoms with Crippen LogP contribution in [0, 0.1) is 0 Å². The van der Waals surface area contributed by atoms with E-state index >= 15 is 0 Å². The summed E-state index contributed by atoms with van der Waals surface area (Å²) >= 11 is 3.43. The van der Waals surface area contributed by atoms with Gasteiger partial charge in [-0.15, -0.1) is 0 Å². The Morgan fingerprint density at radius 3 is 2.58 bits per heavy atom. The van der Waals surface area contributed by atoms with Crippen molar-refractivity contribution in [3.8, 4) is 0 Å². The van der Waals surface area contributed by atoms with Crippen molar-refractivity contribution in [2.24, 2.45) is 0 Å². The van der Waals surface area contributed by atoms with Crippen LogP contribution in [-0.4, -0.2) is 18.5 Å². The summed E-state index contributed by atoms with van der Waals surface area (Å²) in [6.07, 6.45) is 0.337. The molecule has 1 N–H and O–H groups in total. The quantitative estimate of drug-likeness (QED) is 0.878. The molecule has 3 amide bonds. The SMILES string of the molecule is O=C1CCN(c2ccc3cc(Br)ccc3c2)C(=O)N1. The molecule has 4 nitrogen and oxygen atoms in total. The van der Waals surface area contributed by atoms with E-state index in [0.29, 0.717) is 13.0 Å². The first-order valence-electron chi connectivity index (χ1n) is 5.94. The van der Waals surface area contributed by atoms with Crippen molar-refractivity contribution in [1.82, 2.24) is 5.32 Å². The van der Waals surface area contributed by atoms with Crippen LogP contribution in [0.25, 0.3) is 10.8 Å². The lowest BCUT2D eigenvalue weighted by Crippen LogP contribution is -2.49. The molecule has 0 aliphatic carbocycles. The molecular weight excluding hydrogens is 308 g/mol. The number of imide groups is 1. The average Bonchev–Trinajstić information content (AvgIpc) is 2.38. The third kappa shape index (κ3) is 2.33. The van der Waals surface area contributed by atoms with Crippen LogP contribution in [0.2, 0.25) is 0 Å². The van der Waals surface area contributed by atoms with Crippen molar-refractivity contribution >= 4 is 44.3 Å². The van der Waals surface area contributed by atoms with E-state index in [4.69, 9.17) is 0 Å². The first-order chi connectivity index (χ1) is 9.13. The van der Waals surface area contributed by atoms with Crippen LogP contribution in [-0.2, 0) is 4.79 Å². The highest BCUT2D eigenvalue weighted by Gasteiger charge is 2.24. The molecule has 1 saturated heterocycles. The van der Waals surface area contributed by atoms with E-state index in [1.807, 2.05) is 36.4 Å². The third-order valence-corrected chi connectivity index (χ3v) is 3.64. The maximum Gasteiger partial charge on any atom is 0.328 e. The Bertz CT molecular complexity index is 684. The Hall–Kier alpha value is -1.88. The van der Waals surface area contributed by atoms with E-state index < -0.39 is 0 Å². The van der Waals surface area contributed by atoms with E-state index in [9.17, 15) is 9.59 Å². The summed E-state index contributed by atoms with van der Waals surface area (Å²) in [5.74, 6) is -0.217. The number of hydrogen-bond donors (Lipinski definition) is 1. The number of benzene rings is 2. The molecule has 96 valence electrons. The highest BCUT2D eigenvalue weighted by Crippen LogP contribution is 2.25. The van der Waals surface area contributed by atoms with Gasteiger partial charge in [-0.2, -0.15) is 0 Å². The Morgan fingerprint density at radius 2 is 1.79 bits per heavy atom. The molecule has 0 aromatic heterocycles. The molecule has 1 aliphatic rings. The summed E-state index contributed by atoms with van der Waals surface area (Å²) in [6.45, 7) is 0.423. The largest absolute Gasteiger partial charge is 0.328 e.